The van der Waals surface area contributed by atoms with Gasteiger partial charge in [0.05, 0.1) is 12.0 Å². The molecule has 1 fully saturated rings. The Morgan fingerprint density at radius 1 is 1.15 bits per heavy atom. The number of nitrogens with two attached hydrogens (primary N) is 1. The lowest BCUT2D eigenvalue weighted by Gasteiger charge is -2.44. The van der Waals surface area contributed by atoms with Crippen LogP contribution in [0, 0.1) is 0 Å². The van der Waals surface area contributed by atoms with Crippen LogP contribution in [0.3, 0.4) is 0 Å². The Labute approximate surface area is 121 Å². The van der Waals surface area contributed by atoms with E-state index in [1.165, 1.54) is 0 Å². The van der Waals surface area contributed by atoms with Crippen molar-refractivity contribution in [1.29, 1.82) is 0 Å². The third-order valence-corrected chi connectivity index (χ3v) is 4.44. The molecule has 0 atom stereocenters. The fourth-order valence-corrected chi connectivity index (χ4v) is 3.15. The van der Waals surface area contributed by atoms with Crippen molar-refractivity contribution < 1.29 is 14.7 Å². The summed E-state index contributed by atoms with van der Waals surface area (Å²) in [5.74, 6) is -0.736. The fraction of sp³-hybridized carbons (Fsp3) is 0.867. The Morgan fingerprint density at radius 3 is 2.35 bits per heavy atom. The molecule has 5 heteroatoms. The molecule has 0 radical (unpaired) electrons. The molecule has 1 aliphatic rings. The van der Waals surface area contributed by atoms with Gasteiger partial charge in [-0.25, -0.2) is 0 Å². The molecule has 0 aromatic rings. The van der Waals surface area contributed by atoms with Crippen LogP contribution < -0.4 is 5.73 Å². The zero-order chi connectivity index (χ0) is 15.0. The second-order valence-corrected chi connectivity index (χ2v) is 5.91. The maximum absolute atomic E-state index is 12.3. The van der Waals surface area contributed by atoms with E-state index in [1.54, 1.807) is 11.9 Å². The Kier molecular flexibility index (Phi) is 6.99. The van der Waals surface area contributed by atoms with Crippen LogP contribution in [0.1, 0.15) is 64.2 Å². The Morgan fingerprint density at radius 2 is 1.80 bits per heavy atom. The van der Waals surface area contributed by atoms with Crippen molar-refractivity contribution in [3.8, 4) is 0 Å². The minimum absolute atomic E-state index is 0.0675. The molecule has 0 aromatic carbocycles. The highest BCUT2D eigenvalue weighted by Crippen LogP contribution is 2.36. The Hall–Kier alpha value is -1.10. The molecular formula is C15H28N2O3. The van der Waals surface area contributed by atoms with Crippen molar-refractivity contribution in [3.63, 3.8) is 0 Å². The van der Waals surface area contributed by atoms with Gasteiger partial charge in [-0.15, -0.1) is 0 Å². The molecule has 0 bridgehead atoms. The summed E-state index contributed by atoms with van der Waals surface area (Å²) in [5.41, 5.74) is 4.97. The first kappa shape index (κ1) is 17.0. The van der Waals surface area contributed by atoms with E-state index in [4.69, 9.17) is 10.8 Å². The highest BCUT2D eigenvalue weighted by Gasteiger charge is 2.40. The summed E-state index contributed by atoms with van der Waals surface area (Å²) in [6.07, 6.45) is 8.09. The number of hydrogen-bond acceptors (Lipinski definition) is 3. The van der Waals surface area contributed by atoms with Crippen LogP contribution in [0.5, 0.6) is 0 Å². The molecule has 1 aliphatic carbocycles. The van der Waals surface area contributed by atoms with E-state index in [9.17, 15) is 9.59 Å². The topological polar surface area (TPSA) is 83.6 Å². The predicted molar refractivity (Wildman–Crippen MR) is 78.4 cm³/mol. The van der Waals surface area contributed by atoms with Crippen LogP contribution >= 0.6 is 0 Å². The first-order valence-corrected chi connectivity index (χ1v) is 7.70. The SMILES string of the molecule is CN(C(=O)CCCCCN)C1(CC(=O)O)CCCCC1. The van der Waals surface area contributed by atoms with E-state index in [2.05, 4.69) is 0 Å². The van der Waals surface area contributed by atoms with Gasteiger partial charge >= 0.3 is 5.97 Å². The van der Waals surface area contributed by atoms with Crippen molar-refractivity contribution in [2.75, 3.05) is 13.6 Å². The monoisotopic (exact) mass is 284 g/mol. The largest absolute Gasteiger partial charge is 0.481 e. The molecule has 5 nitrogen and oxygen atoms in total. The molecular weight excluding hydrogens is 256 g/mol. The molecule has 0 saturated heterocycles. The first-order valence-electron chi connectivity index (χ1n) is 7.70. The number of carboxylic acids is 1. The Balaban J connectivity index is 2.60. The lowest BCUT2D eigenvalue weighted by atomic mass is 9.78. The van der Waals surface area contributed by atoms with Crippen LogP contribution in [-0.4, -0.2) is 41.0 Å². The summed E-state index contributed by atoms with van der Waals surface area (Å²) >= 11 is 0. The van der Waals surface area contributed by atoms with E-state index < -0.39 is 11.5 Å². The summed E-state index contributed by atoms with van der Waals surface area (Å²) in [7, 11) is 1.78. The molecule has 1 saturated carbocycles. The molecule has 0 aliphatic heterocycles. The van der Waals surface area contributed by atoms with Gasteiger partial charge < -0.3 is 15.7 Å². The Bertz CT molecular complexity index is 325. The van der Waals surface area contributed by atoms with Gasteiger partial charge in [0, 0.05) is 13.5 Å². The first-order chi connectivity index (χ1) is 9.52. The average molecular weight is 284 g/mol. The quantitative estimate of drug-likeness (QED) is 0.669. The maximum Gasteiger partial charge on any atom is 0.305 e. The summed E-state index contributed by atoms with van der Waals surface area (Å²) in [4.78, 5) is 25.2. The van der Waals surface area contributed by atoms with Gasteiger partial charge in [-0.1, -0.05) is 25.7 Å². The number of unbranched alkanes of at least 4 members (excludes halogenated alkanes) is 2. The molecule has 0 spiro atoms. The number of carbonyl (C=O) groups excluding carboxylic acids is 1. The van der Waals surface area contributed by atoms with Crippen molar-refractivity contribution in [2.24, 2.45) is 5.73 Å². The van der Waals surface area contributed by atoms with Gasteiger partial charge in [0.15, 0.2) is 0 Å². The molecule has 1 rings (SSSR count). The van der Waals surface area contributed by atoms with Crippen LogP contribution in [0.25, 0.3) is 0 Å². The number of carboxylic acid groups (broad SMARTS) is 1. The number of nitrogens with zero attached hydrogens (tertiary/aromatic N) is 1. The van der Waals surface area contributed by atoms with Crippen molar-refractivity contribution in [2.45, 2.75) is 69.7 Å². The molecule has 116 valence electrons. The van der Waals surface area contributed by atoms with Crippen molar-refractivity contribution >= 4 is 11.9 Å². The van der Waals surface area contributed by atoms with Gasteiger partial charge in [-0.3, -0.25) is 9.59 Å². The minimum Gasteiger partial charge on any atom is -0.481 e. The zero-order valence-corrected chi connectivity index (χ0v) is 12.6. The van der Waals surface area contributed by atoms with Crippen LogP contribution in [0.4, 0.5) is 0 Å². The maximum atomic E-state index is 12.3. The zero-order valence-electron chi connectivity index (χ0n) is 12.6. The van der Waals surface area contributed by atoms with E-state index in [0.29, 0.717) is 13.0 Å². The third kappa shape index (κ3) is 4.78. The lowest BCUT2D eigenvalue weighted by Crippen LogP contribution is -2.52. The van der Waals surface area contributed by atoms with E-state index in [0.717, 1.165) is 51.4 Å². The van der Waals surface area contributed by atoms with Gasteiger partial charge in [-0.2, -0.15) is 0 Å². The fourth-order valence-electron chi connectivity index (χ4n) is 3.15. The number of amides is 1. The summed E-state index contributed by atoms with van der Waals surface area (Å²) in [5, 5.41) is 9.16. The molecule has 1 amide bonds. The molecule has 0 unspecified atom stereocenters. The van der Waals surface area contributed by atoms with Crippen molar-refractivity contribution in [3.05, 3.63) is 0 Å². The summed E-state index contributed by atoms with van der Waals surface area (Å²) in [6, 6.07) is 0. The average Bonchev–Trinajstić information content (AvgIpc) is 2.42. The number of hydrogen-bond donors (Lipinski definition) is 2. The molecule has 3 N–H and O–H groups in total. The van der Waals surface area contributed by atoms with Gasteiger partial charge in [0.2, 0.25) is 5.91 Å². The standard InChI is InChI=1S/C15H28N2O3/c1-17(13(18)8-4-2-7-11-16)15(12-14(19)20)9-5-3-6-10-15/h2-12,16H2,1H3,(H,19,20). The third-order valence-electron chi connectivity index (χ3n) is 4.44. The van der Waals surface area contributed by atoms with E-state index >= 15 is 0 Å². The number of carbonyl (C=O) groups is 2. The van der Waals surface area contributed by atoms with E-state index in [1.807, 2.05) is 0 Å². The number of aliphatic carboxylic acids is 1. The van der Waals surface area contributed by atoms with Crippen LogP contribution in [0.15, 0.2) is 0 Å². The smallest absolute Gasteiger partial charge is 0.305 e. The summed E-state index contributed by atoms with van der Waals surface area (Å²) in [6.45, 7) is 0.660. The van der Waals surface area contributed by atoms with Crippen LogP contribution in [-0.2, 0) is 9.59 Å². The van der Waals surface area contributed by atoms with Crippen molar-refractivity contribution in [1.82, 2.24) is 4.90 Å². The second-order valence-electron chi connectivity index (χ2n) is 5.91. The van der Waals surface area contributed by atoms with Gasteiger partial charge in [0.1, 0.15) is 0 Å². The lowest BCUT2D eigenvalue weighted by molar-refractivity contribution is -0.146. The molecule has 20 heavy (non-hydrogen) atoms. The van der Waals surface area contributed by atoms with E-state index in [-0.39, 0.29) is 12.3 Å². The highest BCUT2D eigenvalue weighted by molar-refractivity contribution is 5.78. The number of rotatable bonds is 8. The second kappa shape index (κ2) is 8.25. The minimum atomic E-state index is -0.810. The summed E-state index contributed by atoms with van der Waals surface area (Å²) < 4.78 is 0. The predicted octanol–water partition coefficient (Wildman–Crippen LogP) is 2.14. The van der Waals surface area contributed by atoms with Gasteiger partial charge in [0.25, 0.3) is 0 Å². The molecule has 0 aromatic heterocycles. The van der Waals surface area contributed by atoms with Crippen LogP contribution in [0.2, 0.25) is 0 Å². The highest BCUT2D eigenvalue weighted by atomic mass is 16.4. The normalized spacial score (nSPS) is 17.7. The van der Waals surface area contributed by atoms with Gasteiger partial charge in [-0.05, 0) is 32.2 Å². The molecule has 0 heterocycles.